The number of rotatable bonds is 7. The zero-order chi connectivity index (χ0) is 13.5. The van der Waals surface area contributed by atoms with Gasteiger partial charge in [-0.3, -0.25) is 0 Å². The third kappa shape index (κ3) is 4.01. The fraction of sp³-hybridized carbons (Fsp3) is 0.727. The number of aromatic nitrogens is 3. The average molecular weight is 279 g/mol. The molecular weight excluding hydrogens is 262 g/mol. The van der Waals surface area contributed by atoms with Crippen molar-refractivity contribution in [3.8, 4) is 0 Å². The minimum atomic E-state index is -2.45. The Morgan fingerprint density at radius 3 is 2.33 bits per heavy atom. The van der Waals surface area contributed by atoms with Gasteiger partial charge in [0.1, 0.15) is 0 Å². The van der Waals surface area contributed by atoms with Crippen LogP contribution >= 0.6 is 11.6 Å². The van der Waals surface area contributed by atoms with Gasteiger partial charge >= 0.3 is 0 Å². The predicted molar refractivity (Wildman–Crippen MR) is 67.5 cm³/mol. The van der Waals surface area contributed by atoms with Gasteiger partial charge in [0.25, 0.3) is 6.43 Å². The molecule has 102 valence electrons. The van der Waals surface area contributed by atoms with E-state index in [2.05, 4.69) is 15.2 Å². The van der Waals surface area contributed by atoms with Crippen LogP contribution in [0.4, 0.5) is 14.7 Å². The van der Waals surface area contributed by atoms with Crippen LogP contribution in [-0.4, -0.2) is 40.6 Å². The molecule has 1 heterocycles. The molecule has 0 aromatic carbocycles. The molecule has 1 aromatic rings. The van der Waals surface area contributed by atoms with Crippen molar-refractivity contribution >= 4 is 17.5 Å². The van der Waals surface area contributed by atoms with E-state index >= 15 is 0 Å². The highest BCUT2D eigenvalue weighted by Crippen LogP contribution is 2.12. The highest BCUT2D eigenvalue weighted by atomic mass is 35.5. The number of hydrogen-bond acceptors (Lipinski definition) is 4. The van der Waals surface area contributed by atoms with Crippen molar-refractivity contribution in [2.75, 3.05) is 23.9 Å². The van der Waals surface area contributed by atoms with E-state index in [9.17, 15) is 8.78 Å². The van der Waals surface area contributed by atoms with E-state index in [0.717, 1.165) is 17.8 Å². The first kappa shape index (κ1) is 15.0. The summed E-state index contributed by atoms with van der Waals surface area (Å²) < 4.78 is 24.9. The molecule has 0 fully saturated rings. The van der Waals surface area contributed by atoms with Crippen molar-refractivity contribution in [3.05, 3.63) is 11.4 Å². The molecule has 0 amide bonds. The first-order chi connectivity index (χ1) is 8.62. The van der Waals surface area contributed by atoms with E-state index in [0.29, 0.717) is 6.42 Å². The molecule has 0 N–H and O–H groups in total. The molecular formula is C11H17ClF2N4. The number of aryl methyl sites for hydroxylation is 2. The molecule has 0 radical (unpaired) electrons. The molecule has 0 saturated carbocycles. The molecule has 0 unspecified atom stereocenters. The number of anilines is 1. The van der Waals surface area contributed by atoms with Crippen LogP contribution in [0, 0.1) is 0 Å². The lowest BCUT2D eigenvalue weighted by Gasteiger charge is -2.21. The van der Waals surface area contributed by atoms with E-state index in [1.165, 1.54) is 4.90 Å². The van der Waals surface area contributed by atoms with Gasteiger partial charge in [0.15, 0.2) is 0 Å². The number of hydrogen-bond donors (Lipinski definition) is 0. The maximum absolute atomic E-state index is 12.5. The Bertz CT molecular complexity index is 376. The number of nitrogens with zero attached hydrogens (tertiary/aromatic N) is 4. The highest BCUT2D eigenvalue weighted by molar-refractivity contribution is 6.18. The van der Waals surface area contributed by atoms with Gasteiger partial charge < -0.3 is 4.90 Å². The van der Waals surface area contributed by atoms with Crippen LogP contribution in [0.5, 0.6) is 0 Å². The molecule has 0 atom stereocenters. The van der Waals surface area contributed by atoms with Crippen molar-refractivity contribution in [1.29, 1.82) is 0 Å². The molecule has 0 saturated heterocycles. The fourth-order valence-electron chi connectivity index (χ4n) is 1.60. The average Bonchev–Trinajstić information content (AvgIpc) is 2.37. The summed E-state index contributed by atoms with van der Waals surface area (Å²) in [5.41, 5.74) is 1.61. The highest BCUT2D eigenvalue weighted by Gasteiger charge is 2.16. The Balaban J connectivity index is 2.97. The van der Waals surface area contributed by atoms with Gasteiger partial charge in [0.05, 0.1) is 17.9 Å². The molecule has 0 aliphatic carbocycles. The van der Waals surface area contributed by atoms with Gasteiger partial charge in [-0.05, 0) is 12.8 Å². The largest absolute Gasteiger partial charge is 0.333 e. The summed E-state index contributed by atoms with van der Waals surface area (Å²) in [5.74, 6) is 0.470. The summed E-state index contributed by atoms with van der Waals surface area (Å²) in [6, 6.07) is 0. The topological polar surface area (TPSA) is 41.9 Å². The van der Waals surface area contributed by atoms with E-state index in [4.69, 9.17) is 11.6 Å². The van der Waals surface area contributed by atoms with Crippen LogP contribution in [0.25, 0.3) is 0 Å². The molecule has 0 bridgehead atoms. The molecule has 0 spiro atoms. The van der Waals surface area contributed by atoms with Crippen LogP contribution in [0.2, 0.25) is 0 Å². The van der Waals surface area contributed by atoms with Crippen LogP contribution in [0.1, 0.15) is 25.2 Å². The third-order valence-corrected chi connectivity index (χ3v) is 2.66. The lowest BCUT2D eigenvalue weighted by Crippen LogP contribution is -2.33. The second-order valence-electron chi connectivity index (χ2n) is 3.74. The lowest BCUT2D eigenvalue weighted by molar-refractivity contribution is 0.154. The van der Waals surface area contributed by atoms with Gasteiger partial charge in [-0.15, -0.1) is 16.7 Å². The Morgan fingerprint density at radius 2 is 1.83 bits per heavy atom. The normalized spacial score (nSPS) is 11.0. The Labute approximate surface area is 110 Å². The predicted octanol–water partition coefficient (Wildman–Crippen LogP) is 2.31. The first-order valence-electron chi connectivity index (χ1n) is 5.93. The van der Waals surface area contributed by atoms with Gasteiger partial charge in [0.2, 0.25) is 5.95 Å². The lowest BCUT2D eigenvalue weighted by atomic mass is 10.2. The molecule has 0 aliphatic rings. The van der Waals surface area contributed by atoms with Crippen LogP contribution in [0.3, 0.4) is 0 Å². The molecule has 0 aliphatic heterocycles. The second kappa shape index (κ2) is 7.41. The molecule has 1 aromatic heterocycles. The molecule has 4 nitrogen and oxygen atoms in total. The van der Waals surface area contributed by atoms with Gasteiger partial charge in [-0.1, -0.05) is 13.8 Å². The van der Waals surface area contributed by atoms with Gasteiger partial charge in [-0.25, -0.2) is 13.8 Å². The maximum atomic E-state index is 12.5. The monoisotopic (exact) mass is 278 g/mol. The van der Waals surface area contributed by atoms with Crippen LogP contribution in [-0.2, 0) is 12.8 Å². The molecule has 7 heteroatoms. The quantitative estimate of drug-likeness (QED) is 0.718. The third-order valence-electron chi connectivity index (χ3n) is 2.49. The van der Waals surface area contributed by atoms with Crippen molar-refractivity contribution < 1.29 is 8.78 Å². The Kier molecular flexibility index (Phi) is 6.18. The molecule has 1 rings (SSSR count). The summed E-state index contributed by atoms with van der Waals surface area (Å²) in [4.78, 5) is 5.66. The van der Waals surface area contributed by atoms with E-state index in [1.807, 2.05) is 13.8 Å². The number of alkyl halides is 3. The fourth-order valence-corrected chi connectivity index (χ4v) is 1.81. The summed E-state index contributed by atoms with van der Waals surface area (Å²) in [5, 5.41) is 7.94. The van der Waals surface area contributed by atoms with Crippen molar-refractivity contribution in [1.82, 2.24) is 15.2 Å². The minimum absolute atomic E-state index is 0.227. The Hall–Kier alpha value is -1.04. The maximum Gasteiger partial charge on any atom is 0.255 e. The van der Waals surface area contributed by atoms with Gasteiger partial charge in [0, 0.05) is 12.4 Å². The smallest absolute Gasteiger partial charge is 0.255 e. The molecule has 18 heavy (non-hydrogen) atoms. The van der Waals surface area contributed by atoms with Gasteiger partial charge in [-0.2, -0.15) is 5.10 Å². The van der Waals surface area contributed by atoms with Crippen molar-refractivity contribution in [3.63, 3.8) is 0 Å². The summed E-state index contributed by atoms with van der Waals surface area (Å²) >= 11 is 5.60. The minimum Gasteiger partial charge on any atom is -0.333 e. The second-order valence-corrected chi connectivity index (χ2v) is 4.12. The van der Waals surface area contributed by atoms with E-state index < -0.39 is 13.0 Å². The zero-order valence-corrected chi connectivity index (χ0v) is 11.3. The summed E-state index contributed by atoms with van der Waals surface area (Å²) in [7, 11) is 0. The van der Waals surface area contributed by atoms with Crippen LogP contribution < -0.4 is 4.90 Å². The van der Waals surface area contributed by atoms with E-state index in [1.54, 1.807) is 0 Å². The Morgan fingerprint density at radius 1 is 1.17 bits per heavy atom. The van der Waals surface area contributed by atoms with Crippen molar-refractivity contribution in [2.24, 2.45) is 0 Å². The summed E-state index contributed by atoms with van der Waals surface area (Å²) in [6.45, 7) is 3.76. The van der Waals surface area contributed by atoms with Crippen LogP contribution in [0.15, 0.2) is 0 Å². The zero-order valence-electron chi connectivity index (χ0n) is 10.5. The standard InChI is InChI=1S/C11H17ClF2N4/c1-3-8-9(4-2)16-17-11(15-8)18(6-5-12)7-10(13)14/h10H,3-7H2,1-2H3. The first-order valence-corrected chi connectivity index (χ1v) is 6.47. The summed E-state index contributed by atoms with van der Waals surface area (Å²) in [6.07, 6.45) is -1.02. The van der Waals surface area contributed by atoms with Crippen molar-refractivity contribution in [2.45, 2.75) is 33.1 Å². The van der Waals surface area contributed by atoms with E-state index in [-0.39, 0.29) is 18.4 Å². The number of halogens is 3. The SMILES string of the molecule is CCc1nnc(N(CCCl)CC(F)F)nc1CC.